The van der Waals surface area contributed by atoms with Crippen molar-refractivity contribution in [2.75, 3.05) is 19.8 Å². The Balaban J connectivity index is 1.51. The predicted octanol–water partition coefficient (Wildman–Crippen LogP) is 1.16. The van der Waals surface area contributed by atoms with Crippen molar-refractivity contribution in [1.29, 1.82) is 0 Å². The van der Waals surface area contributed by atoms with Gasteiger partial charge in [0.15, 0.2) is 0 Å². The van der Waals surface area contributed by atoms with E-state index in [0.29, 0.717) is 6.04 Å². The Kier molecular flexibility index (Phi) is 2.44. The van der Waals surface area contributed by atoms with Gasteiger partial charge in [0.2, 0.25) is 0 Å². The summed E-state index contributed by atoms with van der Waals surface area (Å²) in [5, 5.41) is 3.43. The van der Waals surface area contributed by atoms with Gasteiger partial charge in [-0.05, 0) is 38.1 Å². The summed E-state index contributed by atoms with van der Waals surface area (Å²) in [4.78, 5) is 0. The largest absolute Gasteiger partial charge is 0.380 e. The molecule has 2 nitrogen and oxygen atoms in total. The molecule has 11 heavy (non-hydrogen) atoms. The maximum absolute atomic E-state index is 5.58. The maximum atomic E-state index is 5.58. The van der Waals surface area contributed by atoms with Gasteiger partial charge < -0.3 is 10.1 Å². The molecular formula is C9H17NO. The number of ether oxygens (including phenoxy) is 1. The molecule has 0 aromatic carbocycles. The zero-order valence-corrected chi connectivity index (χ0v) is 7.01. The average molecular weight is 155 g/mol. The van der Waals surface area contributed by atoms with E-state index < -0.39 is 0 Å². The lowest BCUT2D eigenvalue weighted by Crippen LogP contribution is -2.27. The molecule has 64 valence electrons. The molecule has 1 saturated heterocycles. The van der Waals surface area contributed by atoms with E-state index in [4.69, 9.17) is 4.74 Å². The molecule has 1 aliphatic carbocycles. The fourth-order valence-corrected chi connectivity index (χ4v) is 1.56. The Morgan fingerprint density at radius 1 is 1.18 bits per heavy atom. The number of hydrogen-bond donors (Lipinski definition) is 1. The van der Waals surface area contributed by atoms with Crippen LogP contribution in [0.4, 0.5) is 0 Å². The van der Waals surface area contributed by atoms with E-state index in [-0.39, 0.29) is 0 Å². The Bertz CT molecular complexity index is 117. The molecule has 0 aromatic rings. The quantitative estimate of drug-likeness (QED) is 0.658. The third kappa shape index (κ3) is 2.46. The van der Waals surface area contributed by atoms with Crippen molar-refractivity contribution in [2.24, 2.45) is 5.92 Å². The topological polar surface area (TPSA) is 21.3 Å². The lowest BCUT2D eigenvalue weighted by molar-refractivity contribution is 0.107. The highest BCUT2D eigenvalue weighted by Gasteiger charge is 2.22. The van der Waals surface area contributed by atoms with Gasteiger partial charge in [0.25, 0.3) is 0 Å². The molecule has 2 rings (SSSR count). The molecule has 2 fully saturated rings. The number of rotatable bonds is 4. The molecule has 1 heterocycles. The van der Waals surface area contributed by atoms with Crippen molar-refractivity contribution in [3.05, 3.63) is 0 Å². The SMILES string of the molecule is C1CN[C@H](COCC2CC2)C1. The summed E-state index contributed by atoms with van der Waals surface area (Å²) in [6.07, 6.45) is 5.44. The summed E-state index contributed by atoms with van der Waals surface area (Å²) in [6, 6.07) is 0.661. The molecule has 0 unspecified atom stereocenters. The van der Waals surface area contributed by atoms with Crippen LogP contribution in [-0.2, 0) is 4.74 Å². The third-order valence-corrected chi connectivity index (χ3v) is 2.53. The molecule has 0 spiro atoms. The Labute approximate surface area is 68.3 Å². The first-order chi connectivity index (χ1) is 5.45. The van der Waals surface area contributed by atoms with Crippen LogP contribution in [0.2, 0.25) is 0 Å². The lowest BCUT2D eigenvalue weighted by atomic mass is 10.2. The summed E-state index contributed by atoms with van der Waals surface area (Å²) in [7, 11) is 0. The van der Waals surface area contributed by atoms with Crippen LogP contribution in [0.5, 0.6) is 0 Å². The van der Waals surface area contributed by atoms with Crippen LogP contribution in [0.15, 0.2) is 0 Å². The van der Waals surface area contributed by atoms with Crippen LogP contribution in [0.1, 0.15) is 25.7 Å². The Hall–Kier alpha value is -0.0800. The lowest BCUT2D eigenvalue weighted by Gasteiger charge is -2.09. The third-order valence-electron chi connectivity index (χ3n) is 2.53. The first-order valence-electron chi connectivity index (χ1n) is 4.76. The smallest absolute Gasteiger partial charge is 0.0619 e. The summed E-state index contributed by atoms with van der Waals surface area (Å²) in [5.74, 6) is 0.913. The molecule has 1 atom stereocenters. The van der Waals surface area contributed by atoms with Crippen LogP contribution in [-0.4, -0.2) is 25.8 Å². The first kappa shape index (κ1) is 7.56. The monoisotopic (exact) mass is 155 g/mol. The highest BCUT2D eigenvalue weighted by molar-refractivity contribution is 4.75. The second-order valence-corrected chi connectivity index (χ2v) is 3.77. The highest BCUT2D eigenvalue weighted by Crippen LogP contribution is 2.28. The van der Waals surface area contributed by atoms with Crippen molar-refractivity contribution >= 4 is 0 Å². The van der Waals surface area contributed by atoms with Gasteiger partial charge in [-0.25, -0.2) is 0 Å². The molecule has 0 aromatic heterocycles. The van der Waals surface area contributed by atoms with Crippen LogP contribution in [0, 0.1) is 5.92 Å². The molecule has 1 saturated carbocycles. The van der Waals surface area contributed by atoms with E-state index in [1.165, 1.54) is 32.2 Å². The molecule has 2 heteroatoms. The first-order valence-corrected chi connectivity index (χ1v) is 4.76. The Morgan fingerprint density at radius 3 is 2.73 bits per heavy atom. The van der Waals surface area contributed by atoms with Gasteiger partial charge in [0.05, 0.1) is 6.61 Å². The van der Waals surface area contributed by atoms with E-state index in [1.54, 1.807) is 0 Å². The minimum Gasteiger partial charge on any atom is -0.380 e. The average Bonchev–Trinajstić information content (AvgIpc) is 2.66. The van der Waals surface area contributed by atoms with E-state index in [9.17, 15) is 0 Å². The van der Waals surface area contributed by atoms with Gasteiger partial charge in [-0.2, -0.15) is 0 Å². The molecule has 1 N–H and O–H groups in total. The van der Waals surface area contributed by atoms with Gasteiger partial charge in [-0.1, -0.05) is 0 Å². The zero-order chi connectivity index (χ0) is 7.52. The highest BCUT2D eigenvalue weighted by atomic mass is 16.5. The van der Waals surface area contributed by atoms with Crippen LogP contribution in [0.25, 0.3) is 0 Å². The number of nitrogens with one attached hydrogen (secondary N) is 1. The molecule has 1 aliphatic heterocycles. The van der Waals surface area contributed by atoms with Gasteiger partial charge >= 0.3 is 0 Å². The van der Waals surface area contributed by atoms with Gasteiger partial charge in [0.1, 0.15) is 0 Å². The summed E-state index contributed by atoms with van der Waals surface area (Å²) in [6.45, 7) is 3.14. The van der Waals surface area contributed by atoms with Crippen LogP contribution >= 0.6 is 0 Å². The molecule has 0 radical (unpaired) electrons. The minimum atomic E-state index is 0.661. The molecule has 2 aliphatic rings. The zero-order valence-electron chi connectivity index (χ0n) is 7.01. The van der Waals surface area contributed by atoms with Crippen molar-refractivity contribution < 1.29 is 4.74 Å². The summed E-state index contributed by atoms with van der Waals surface area (Å²) < 4.78 is 5.58. The molecular weight excluding hydrogens is 138 g/mol. The Morgan fingerprint density at radius 2 is 2.09 bits per heavy atom. The second kappa shape index (κ2) is 3.55. The molecule has 0 bridgehead atoms. The van der Waals surface area contributed by atoms with Crippen molar-refractivity contribution in [3.63, 3.8) is 0 Å². The van der Waals surface area contributed by atoms with Gasteiger partial charge in [0, 0.05) is 12.6 Å². The summed E-state index contributed by atoms with van der Waals surface area (Å²) >= 11 is 0. The second-order valence-electron chi connectivity index (χ2n) is 3.77. The van der Waals surface area contributed by atoms with Crippen molar-refractivity contribution in [1.82, 2.24) is 5.32 Å². The van der Waals surface area contributed by atoms with Gasteiger partial charge in [-0.3, -0.25) is 0 Å². The van der Waals surface area contributed by atoms with E-state index in [1.807, 2.05) is 0 Å². The maximum Gasteiger partial charge on any atom is 0.0619 e. The molecule has 0 amide bonds. The minimum absolute atomic E-state index is 0.661. The standard InChI is InChI=1S/C9H17NO/c1-2-9(10-5-1)7-11-6-8-3-4-8/h8-10H,1-7H2/t9-/m0/s1. The fourth-order valence-electron chi connectivity index (χ4n) is 1.56. The van der Waals surface area contributed by atoms with Crippen molar-refractivity contribution in [3.8, 4) is 0 Å². The van der Waals surface area contributed by atoms with Crippen LogP contribution in [0.3, 0.4) is 0 Å². The number of hydrogen-bond acceptors (Lipinski definition) is 2. The summed E-state index contributed by atoms with van der Waals surface area (Å²) in [5.41, 5.74) is 0. The van der Waals surface area contributed by atoms with E-state index in [2.05, 4.69) is 5.32 Å². The van der Waals surface area contributed by atoms with E-state index >= 15 is 0 Å². The van der Waals surface area contributed by atoms with Crippen molar-refractivity contribution in [2.45, 2.75) is 31.7 Å². The van der Waals surface area contributed by atoms with E-state index in [0.717, 1.165) is 19.1 Å². The normalized spacial score (nSPS) is 31.1. The van der Waals surface area contributed by atoms with Crippen LogP contribution < -0.4 is 5.32 Å². The predicted molar refractivity (Wildman–Crippen MR) is 44.6 cm³/mol. The van der Waals surface area contributed by atoms with Gasteiger partial charge in [-0.15, -0.1) is 0 Å². The fraction of sp³-hybridized carbons (Fsp3) is 1.00.